The Labute approximate surface area is 172 Å². The number of hydrogen-bond acceptors (Lipinski definition) is 5. The maximum Gasteiger partial charge on any atom is 0.264 e. The standard InChI is InChI=1S/C22H21N3O3S/c1-13-3-4-15(9-14(13)2)19-12-29-22(24-19)25-21(27)11-28-17-6-7-18-16(10-17)5-8-20(26)23-18/h3-4,6-7,9-10,12H,5,8,11H2,1-2H3,(H,23,26)(H,24,25,27). The van der Waals surface area contributed by atoms with Crippen LogP contribution in [0.2, 0.25) is 0 Å². The molecule has 4 rings (SSSR count). The SMILES string of the molecule is Cc1ccc(-c2csc(NC(=O)COc3ccc4c(c3)CCC(=O)N4)n2)cc1C. The van der Waals surface area contributed by atoms with Crippen molar-refractivity contribution in [2.75, 3.05) is 17.2 Å². The monoisotopic (exact) mass is 407 g/mol. The fraction of sp³-hybridized carbons (Fsp3) is 0.227. The van der Waals surface area contributed by atoms with Gasteiger partial charge in [0, 0.05) is 23.1 Å². The van der Waals surface area contributed by atoms with Crippen molar-refractivity contribution in [3.05, 3.63) is 58.5 Å². The van der Waals surface area contributed by atoms with E-state index in [-0.39, 0.29) is 18.4 Å². The van der Waals surface area contributed by atoms with Crippen LogP contribution in [0.5, 0.6) is 5.75 Å². The number of amides is 2. The van der Waals surface area contributed by atoms with Crippen LogP contribution in [0.25, 0.3) is 11.3 Å². The second-order valence-electron chi connectivity index (χ2n) is 7.04. The second-order valence-corrected chi connectivity index (χ2v) is 7.90. The van der Waals surface area contributed by atoms with Crippen LogP contribution in [0.3, 0.4) is 0 Å². The maximum absolute atomic E-state index is 12.2. The van der Waals surface area contributed by atoms with Gasteiger partial charge in [0.25, 0.3) is 5.91 Å². The number of hydrogen-bond donors (Lipinski definition) is 2. The van der Waals surface area contributed by atoms with Crippen LogP contribution >= 0.6 is 11.3 Å². The third kappa shape index (κ3) is 4.46. The van der Waals surface area contributed by atoms with Crippen molar-refractivity contribution in [3.63, 3.8) is 0 Å². The fourth-order valence-electron chi connectivity index (χ4n) is 3.12. The van der Waals surface area contributed by atoms with E-state index in [2.05, 4.69) is 41.6 Å². The summed E-state index contributed by atoms with van der Waals surface area (Å²) in [6.07, 6.45) is 1.13. The molecule has 29 heavy (non-hydrogen) atoms. The number of nitrogens with zero attached hydrogens (tertiary/aromatic N) is 1. The van der Waals surface area contributed by atoms with Gasteiger partial charge in [-0.25, -0.2) is 4.98 Å². The molecule has 148 valence electrons. The van der Waals surface area contributed by atoms with Crippen molar-refractivity contribution in [3.8, 4) is 17.0 Å². The molecule has 3 aromatic rings. The first-order chi connectivity index (χ1) is 14.0. The Bertz CT molecular complexity index is 1090. The summed E-state index contributed by atoms with van der Waals surface area (Å²) in [6, 6.07) is 11.6. The zero-order valence-electron chi connectivity index (χ0n) is 16.2. The van der Waals surface area contributed by atoms with Crippen molar-refractivity contribution < 1.29 is 14.3 Å². The molecule has 0 spiro atoms. The highest BCUT2D eigenvalue weighted by atomic mass is 32.1. The van der Waals surface area contributed by atoms with Crippen molar-refractivity contribution >= 4 is 34.0 Å². The molecule has 0 fully saturated rings. The number of benzene rings is 2. The molecular formula is C22H21N3O3S. The van der Waals surface area contributed by atoms with E-state index in [0.717, 1.165) is 22.5 Å². The van der Waals surface area contributed by atoms with Crippen LogP contribution in [0, 0.1) is 13.8 Å². The molecule has 2 aromatic carbocycles. The van der Waals surface area contributed by atoms with Crippen LogP contribution in [-0.4, -0.2) is 23.4 Å². The van der Waals surface area contributed by atoms with Gasteiger partial charge in [0.2, 0.25) is 5.91 Å². The first-order valence-electron chi connectivity index (χ1n) is 9.36. The van der Waals surface area contributed by atoms with E-state index in [1.807, 2.05) is 17.5 Å². The summed E-state index contributed by atoms with van der Waals surface area (Å²) in [7, 11) is 0. The highest BCUT2D eigenvalue weighted by Crippen LogP contribution is 2.28. The maximum atomic E-state index is 12.2. The van der Waals surface area contributed by atoms with Gasteiger partial charge in [0.15, 0.2) is 11.7 Å². The topological polar surface area (TPSA) is 80.3 Å². The molecular weight excluding hydrogens is 386 g/mol. The Kier molecular flexibility index (Phi) is 5.31. The molecule has 0 bridgehead atoms. The summed E-state index contributed by atoms with van der Waals surface area (Å²) < 4.78 is 5.61. The number of rotatable bonds is 5. The van der Waals surface area contributed by atoms with Crippen LogP contribution in [0.4, 0.5) is 10.8 Å². The Hall–Kier alpha value is -3.19. The minimum atomic E-state index is -0.267. The van der Waals surface area contributed by atoms with Crippen LogP contribution in [-0.2, 0) is 16.0 Å². The van der Waals surface area contributed by atoms with Gasteiger partial charge in [0.05, 0.1) is 5.69 Å². The fourth-order valence-corrected chi connectivity index (χ4v) is 3.85. The average molecular weight is 407 g/mol. The van der Waals surface area contributed by atoms with Crippen molar-refractivity contribution in [2.24, 2.45) is 0 Å². The number of anilines is 2. The Morgan fingerprint density at radius 2 is 2.03 bits per heavy atom. The normalized spacial score (nSPS) is 12.8. The second kappa shape index (κ2) is 8.05. The molecule has 0 atom stereocenters. The molecule has 6 nitrogen and oxygen atoms in total. The van der Waals surface area contributed by atoms with E-state index in [4.69, 9.17) is 4.74 Å². The molecule has 0 saturated heterocycles. The van der Waals surface area contributed by atoms with Gasteiger partial charge in [-0.3, -0.25) is 14.9 Å². The molecule has 1 aromatic heterocycles. The predicted molar refractivity (Wildman–Crippen MR) is 115 cm³/mol. The lowest BCUT2D eigenvalue weighted by Gasteiger charge is -2.17. The zero-order chi connectivity index (χ0) is 20.4. The van der Waals surface area contributed by atoms with E-state index < -0.39 is 0 Å². The summed E-state index contributed by atoms with van der Waals surface area (Å²) >= 11 is 1.38. The number of ether oxygens (including phenoxy) is 1. The molecule has 7 heteroatoms. The number of aromatic nitrogens is 1. The summed E-state index contributed by atoms with van der Waals surface area (Å²) in [5.41, 5.74) is 6.13. The minimum absolute atomic E-state index is 0.0224. The Morgan fingerprint density at radius 1 is 1.17 bits per heavy atom. The van der Waals surface area contributed by atoms with Gasteiger partial charge >= 0.3 is 0 Å². The largest absolute Gasteiger partial charge is 0.484 e. The molecule has 2 amide bonds. The highest BCUT2D eigenvalue weighted by Gasteiger charge is 2.15. The Balaban J connectivity index is 1.35. The average Bonchev–Trinajstić information content (AvgIpc) is 3.17. The van der Waals surface area contributed by atoms with Crippen LogP contribution in [0.15, 0.2) is 41.8 Å². The molecule has 1 aliphatic heterocycles. The number of carbonyl (C=O) groups is 2. The lowest BCUT2D eigenvalue weighted by molar-refractivity contribution is -0.118. The molecule has 1 aliphatic rings. The van der Waals surface area contributed by atoms with Gasteiger partial charge in [-0.2, -0.15) is 0 Å². The smallest absolute Gasteiger partial charge is 0.264 e. The first-order valence-corrected chi connectivity index (χ1v) is 10.2. The number of fused-ring (bicyclic) bond motifs is 1. The van der Waals surface area contributed by atoms with E-state index in [1.165, 1.54) is 22.5 Å². The molecule has 0 unspecified atom stereocenters. The number of nitrogens with one attached hydrogen (secondary N) is 2. The zero-order valence-corrected chi connectivity index (χ0v) is 17.1. The van der Waals surface area contributed by atoms with E-state index in [1.54, 1.807) is 12.1 Å². The third-order valence-corrected chi connectivity index (χ3v) is 5.65. The van der Waals surface area contributed by atoms with Crippen LogP contribution in [0.1, 0.15) is 23.1 Å². The van der Waals surface area contributed by atoms with Crippen molar-refractivity contribution in [1.29, 1.82) is 0 Å². The van der Waals surface area contributed by atoms with Gasteiger partial charge in [-0.1, -0.05) is 12.1 Å². The molecule has 0 aliphatic carbocycles. The molecule has 2 N–H and O–H groups in total. The summed E-state index contributed by atoms with van der Waals surface area (Å²) in [6.45, 7) is 4.04. The van der Waals surface area contributed by atoms with Crippen molar-refractivity contribution in [1.82, 2.24) is 4.98 Å². The predicted octanol–water partition coefficient (Wildman–Crippen LogP) is 4.33. The van der Waals surface area contributed by atoms with Gasteiger partial charge in [-0.05, 0) is 61.2 Å². The first kappa shape index (κ1) is 19.1. The van der Waals surface area contributed by atoms with Crippen LogP contribution < -0.4 is 15.4 Å². The molecule has 2 heterocycles. The number of aryl methyl sites for hydroxylation is 3. The molecule has 0 saturated carbocycles. The number of thiazole rings is 1. The van der Waals surface area contributed by atoms with Gasteiger partial charge in [-0.15, -0.1) is 11.3 Å². The quantitative estimate of drug-likeness (QED) is 0.660. The summed E-state index contributed by atoms with van der Waals surface area (Å²) in [5.74, 6) is 0.358. The Morgan fingerprint density at radius 3 is 2.86 bits per heavy atom. The summed E-state index contributed by atoms with van der Waals surface area (Å²) in [4.78, 5) is 28.2. The lowest BCUT2D eigenvalue weighted by atomic mass is 10.0. The van der Waals surface area contributed by atoms with E-state index >= 15 is 0 Å². The highest BCUT2D eigenvalue weighted by molar-refractivity contribution is 7.14. The molecule has 0 radical (unpaired) electrons. The minimum Gasteiger partial charge on any atom is -0.484 e. The third-order valence-electron chi connectivity index (χ3n) is 4.90. The van der Waals surface area contributed by atoms with Gasteiger partial charge in [0.1, 0.15) is 5.75 Å². The summed E-state index contributed by atoms with van der Waals surface area (Å²) in [5, 5.41) is 8.08. The van der Waals surface area contributed by atoms with Gasteiger partial charge < -0.3 is 10.1 Å². The lowest BCUT2D eigenvalue weighted by Crippen LogP contribution is -2.21. The van der Waals surface area contributed by atoms with Crippen molar-refractivity contribution in [2.45, 2.75) is 26.7 Å². The van der Waals surface area contributed by atoms with E-state index in [0.29, 0.717) is 23.7 Å². The number of carbonyl (C=O) groups excluding carboxylic acids is 2. The van der Waals surface area contributed by atoms with E-state index in [9.17, 15) is 9.59 Å².